The molecular weight excluding hydrogens is 647 g/mol. The fourth-order valence-corrected chi connectivity index (χ4v) is 8.22. The number of aromatic nitrogens is 4. The lowest BCUT2D eigenvalue weighted by molar-refractivity contribution is 0.584. The molecular formula is C46H26F2N4. The molecule has 0 aliphatic rings. The van der Waals surface area contributed by atoms with E-state index in [-0.39, 0.29) is 0 Å². The van der Waals surface area contributed by atoms with E-state index in [9.17, 15) is 8.78 Å². The fourth-order valence-electron chi connectivity index (χ4n) is 8.22. The van der Waals surface area contributed by atoms with Gasteiger partial charge >= 0.3 is 0 Å². The summed E-state index contributed by atoms with van der Waals surface area (Å²) < 4.78 is 33.3. The summed E-state index contributed by atoms with van der Waals surface area (Å²) in [5.74, 6) is -1.32. The van der Waals surface area contributed by atoms with Gasteiger partial charge < -0.3 is 9.13 Å². The minimum absolute atomic E-state index is 0.337. The van der Waals surface area contributed by atoms with Crippen LogP contribution in [0.1, 0.15) is 0 Å². The summed E-state index contributed by atoms with van der Waals surface area (Å²) in [4.78, 5) is 9.97. The molecule has 4 nitrogen and oxygen atoms in total. The quantitative estimate of drug-likeness (QED) is 0.175. The summed E-state index contributed by atoms with van der Waals surface area (Å²) in [7, 11) is 0. The van der Waals surface area contributed by atoms with Gasteiger partial charge in [0, 0.05) is 55.3 Å². The minimum Gasteiger partial charge on any atom is -0.309 e. The fraction of sp³-hybridized carbons (Fsp3) is 0. The van der Waals surface area contributed by atoms with Crippen LogP contribution in [0.2, 0.25) is 0 Å². The molecule has 8 aromatic carbocycles. The van der Waals surface area contributed by atoms with Gasteiger partial charge in [-0.05, 0) is 71.4 Å². The SMILES string of the molecule is Fc1cc(F)cc(-c2cnc3c4ccc(-n5c6ccccc6c6ccccc65)cc4c4cc(-n5c6ccccc6c6ccccc65)ccc4c3n2)c1. The summed E-state index contributed by atoms with van der Waals surface area (Å²) in [6.45, 7) is 0. The molecule has 0 atom stereocenters. The third kappa shape index (κ3) is 4.12. The van der Waals surface area contributed by atoms with Crippen molar-refractivity contribution >= 4 is 76.2 Å². The second kappa shape index (κ2) is 10.8. The topological polar surface area (TPSA) is 35.6 Å². The lowest BCUT2D eigenvalue weighted by Crippen LogP contribution is -1.98. The molecule has 3 aromatic heterocycles. The van der Waals surface area contributed by atoms with E-state index in [2.05, 4.69) is 143 Å². The zero-order valence-corrected chi connectivity index (χ0v) is 27.6. The highest BCUT2D eigenvalue weighted by Crippen LogP contribution is 2.40. The first-order valence-electron chi connectivity index (χ1n) is 17.2. The van der Waals surface area contributed by atoms with Crippen molar-refractivity contribution in [3.8, 4) is 22.6 Å². The normalized spacial score (nSPS) is 12.0. The monoisotopic (exact) mass is 672 g/mol. The molecule has 0 N–H and O–H groups in total. The Morgan fingerprint density at radius 2 is 0.808 bits per heavy atom. The van der Waals surface area contributed by atoms with Crippen LogP contribution >= 0.6 is 0 Å². The van der Waals surface area contributed by atoms with Crippen molar-refractivity contribution in [3.63, 3.8) is 0 Å². The van der Waals surface area contributed by atoms with Crippen molar-refractivity contribution in [2.24, 2.45) is 0 Å². The van der Waals surface area contributed by atoms with E-state index in [0.717, 1.165) is 66.6 Å². The van der Waals surface area contributed by atoms with Crippen LogP contribution < -0.4 is 0 Å². The molecule has 0 unspecified atom stereocenters. The molecule has 6 heteroatoms. The van der Waals surface area contributed by atoms with Crippen LogP contribution in [0.25, 0.3) is 98.8 Å². The van der Waals surface area contributed by atoms with Gasteiger partial charge in [0.15, 0.2) is 0 Å². The lowest BCUT2D eigenvalue weighted by Gasteiger charge is -2.15. The summed E-state index contributed by atoms with van der Waals surface area (Å²) in [6, 6.07) is 50.4. The highest BCUT2D eigenvalue weighted by molar-refractivity contribution is 6.24. The van der Waals surface area contributed by atoms with Gasteiger partial charge in [-0.2, -0.15) is 0 Å². The van der Waals surface area contributed by atoms with E-state index in [1.807, 2.05) is 0 Å². The molecule has 11 rings (SSSR count). The molecule has 0 spiro atoms. The molecule has 0 amide bonds. The van der Waals surface area contributed by atoms with E-state index in [1.54, 1.807) is 6.20 Å². The van der Waals surface area contributed by atoms with Crippen LogP contribution in [0.3, 0.4) is 0 Å². The van der Waals surface area contributed by atoms with Crippen molar-refractivity contribution in [1.82, 2.24) is 19.1 Å². The number of para-hydroxylation sites is 4. The summed E-state index contributed by atoms with van der Waals surface area (Å²) in [6.07, 6.45) is 1.61. The second-order valence-corrected chi connectivity index (χ2v) is 13.3. The first-order valence-corrected chi connectivity index (χ1v) is 17.2. The zero-order valence-electron chi connectivity index (χ0n) is 27.6. The Balaban J connectivity index is 1.25. The molecule has 3 heterocycles. The second-order valence-electron chi connectivity index (χ2n) is 13.3. The number of fused-ring (bicyclic) bond motifs is 12. The Bertz CT molecular complexity index is 3160. The van der Waals surface area contributed by atoms with Crippen LogP contribution in [-0.4, -0.2) is 19.1 Å². The third-order valence-corrected chi connectivity index (χ3v) is 10.4. The van der Waals surface area contributed by atoms with Gasteiger partial charge in [0.05, 0.1) is 45.0 Å². The number of nitrogens with zero attached hydrogens (tertiary/aromatic N) is 4. The van der Waals surface area contributed by atoms with Gasteiger partial charge in [0.1, 0.15) is 11.6 Å². The molecule has 11 aromatic rings. The Morgan fingerprint density at radius 1 is 0.385 bits per heavy atom. The average molecular weight is 673 g/mol. The predicted molar refractivity (Wildman–Crippen MR) is 209 cm³/mol. The average Bonchev–Trinajstić information content (AvgIpc) is 3.70. The van der Waals surface area contributed by atoms with Crippen molar-refractivity contribution in [2.45, 2.75) is 0 Å². The first kappa shape index (κ1) is 28.9. The van der Waals surface area contributed by atoms with Gasteiger partial charge in [-0.15, -0.1) is 0 Å². The van der Waals surface area contributed by atoms with Crippen LogP contribution in [-0.2, 0) is 0 Å². The van der Waals surface area contributed by atoms with Gasteiger partial charge in [-0.25, -0.2) is 13.8 Å². The van der Waals surface area contributed by atoms with Gasteiger partial charge in [-0.3, -0.25) is 4.98 Å². The lowest BCUT2D eigenvalue weighted by atomic mass is 9.98. The van der Waals surface area contributed by atoms with Gasteiger partial charge in [0.2, 0.25) is 0 Å². The van der Waals surface area contributed by atoms with Crippen molar-refractivity contribution < 1.29 is 8.78 Å². The Kier molecular flexibility index (Phi) is 5.99. The maximum Gasteiger partial charge on any atom is 0.126 e. The van der Waals surface area contributed by atoms with Crippen molar-refractivity contribution in [1.29, 1.82) is 0 Å². The number of hydrogen-bond acceptors (Lipinski definition) is 2. The highest BCUT2D eigenvalue weighted by atomic mass is 19.1. The molecule has 244 valence electrons. The molecule has 0 saturated heterocycles. The maximum atomic E-state index is 14.3. The van der Waals surface area contributed by atoms with Crippen LogP contribution in [0.4, 0.5) is 8.78 Å². The van der Waals surface area contributed by atoms with Crippen LogP contribution in [0.15, 0.2) is 158 Å². The van der Waals surface area contributed by atoms with E-state index in [0.29, 0.717) is 16.8 Å². The van der Waals surface area contributed by atoms with Gasteiger partial charge in [0.25, 0.3) is 0 Å². The molecule has 52 heavy (non-hydrogen) atoms. The number of rotatable bonds is 3. The molecule has 0 saturated carbocycles. The smallest absolute Gasteiger partial charge is 0.126 e. The van der Waals surface area contributed by atoms with Gasteiger partial charge in [-0.1, -0.05) is 84.9 Å². The minimum atomic E-state index is -0.659. The van der Waals surface area contributed by atoms with Crippen molar-refractivity contribution in [3.05, 3.63) is 169 Å². The van der Waals surface area contributed by atoms with Crippen LogP contribution in [0, 0.1) is 11.6 Å². The molecule has 0 aliphatic heterocycles. The predicted octanol–water partition coefficient (Wildman–Crippen LogP) is 12.1. The summed E-state index contributed by atoms with van der Waals surface area (Å²) in [5.41, 5.74) is 8.69. The van der Waals surface area contributed by atoms with Crippen LogP contribution in [0.5, 0.6) is 0 Å². The van der Waals surface area contributed by atoms with Crippen molar-refractivity contribution in [2.75, 3.05) is 0 Å². The molecule has 0 fully saturated rings. The Hall–Kier alpha value is -6.92. The van der Waals surface area contributed by atoms with E-state index < -0.39 is 11.6 Å². The Morgan fingerprint density at radius 3 is 1.27 bits per heavy atom. The maximum absolute atomic E-state index is 14.3. The van der Waals surface area contributed by atoms with E-state index in [4.69, 9.17) is 9.97 Å². The highest BCUT2D eigenvalue weighted by Gasteiger charge is 2.19. The summed E-state index contributed by atoms with van der Waals surface area (Å²) >= 11 is 0. The molecule has 0 bridgehead atoms. The Labute approximate surface area is 295 Å². The molecule has 0 radical (unpaired) electrons. The molecule has 0 aliphatic carbocycles. The summed E-state index contributed by atoms with van der Waals surface area (Å²) in [5, 5.41) is 8.64. The number of benzene rings is 8. The third-order valence-electron chi connectivity index (χ3n) is 10.4. The largest absolute Gasteiger partial charge is 0.309 e. The number of halogens is 2. The van der Waals surface area contributed by atoms with E-state index in [1.165, 1.54) is 33.7 Å². The first-order chi connectivity index (χ1) is 25.6. The zero-order chi connectivity index (χ0) is 34.5. The standard InChI is InChI=1S/C46H26F2N4/c47-28-21-27(22-29(48)23-28)40-26-49-45-36-19-17-30(51-41-13-5-1-9-32(41)33-10-2-6-14-42(33)51)24-38(36)39-25-31(18-20-37(39)46(45)50-40)52-43-15-7-3-11-34(43)35-12-4-8-16-44(35)52/h1-26H. The van der Waals surface area contributed by atoms with E-state index >= 15 is 0 Å². The number of hydrogen-bond donors (Lipinski definition) is 0.